The summed E-state index contributed by atoms with van der Waals surface area (Å²) in [5.41, 5.74) is -0.803. The lowest BCUT2D eigenvalue weighted by Crippen LogP contribution is -2.36. The van der Waals surface area contributed by atoms with Crippen LogP contribution in [0.4, 0.5) is 0 Å². The van der Waals surface area contributed by atoms with Gasteiger partial charge in [0, 0.05) is 11.5 Å². The van der Waals surface area contributed by atoms with E-state index in [0.717, 1.165) is 6.42 Å². The van der Waals surface area contributed by atoms with Gasteiger partial charge in [0.15, 0.2) is 0 Å². The molecule has 0 bridgehead atoms. The van der Waals surface area contributed by atoms with Crippen molar-refractivity contribution in [3.63, 3.8) is 0 Å². The third-order valence-corrected chi connectivity index (χ3v) is 4.80. The molecule has 24 heavy (non-hydrogen) atoms. The summed E-state index contributed by atoms with van der Waals surface area (Å²) in [6, 6.07) is 0. The summed E-state index contributed by atoms with van der Waals surface area (Å²) in [6.07, 6.45) is 1.38. The van der Waals surface area contributed by atoms with Gasteiger partial charge in [-0.05, 0) is 26.7 Å². The van der Waals surface area contributed by atoms with Crippen LogP contribution < -0.4 is 0 Å². The molecule has 0 aromatic carbocycles. The maximum absolute atomic E-state index is 12.4. The lowest BCUT2D eigenvalue weighted by Gasteiger charge is -2.29. The molecule has 0 aromatic heterocycles. The summed E-state index contributed by atoms with van der Waals surface area (Å²) < 4.78 is 14.9. The largest absolute Gasteiger partial charge is 0.469 e. The van der Waals surface area contributed by atoms with Crippen LogP contribution in [-0.4, -0.2) is 49.7 Å². The molecule has 0 rings (SSSR count). The number of ether oxygens (including phenoxy) is 3. The number of carbonyl (C=O) groups excluding carboxylic acids is 3. The third-order valence-electron chi connectivity index (χ3n) is 3.47. The summed E-state index contributed by atoms with van der Waals surface area (Å²) in [4.78, 5) is 35.5. The molecule has 0 spiro atoms. The van der Waals surface area contributed by atoms with E-state index in [1.165, 1.54) is 18.9 Å². The van der Waals surface area contributed by atoms with Crippen LogP contribution in [0.15, 0.2) is 0 Å². The summed E-state index contributed by atoms with van der Waals surface area (Å²) >= 11 is 1.48. The molecule has 2 atom stereocenters. The molecule has 0 heterocycles. The minimum Gasteiger partial charge on any atom is -0.469 e. The zero-order valence-electron chi connectivity index (χ0n) is 15.4. The highest BCUT2D eigenvalue weighted by molar-refractivity contribution is 7.99. The first-order chi connectivity index (χ1) is 11.3. The fourth-order valence-corrected chi connectivity index (χ4v) is 3.36. The Morgan fingerprint density at radius 3 is 2.38 bits per heavy atom. The first kappa shape index (κ1) is 22.8. The van der Waals surface area contributed by atoms with Crippen LogP contribution in [-0.2, 0) is 28.6 Å². The van der Waals surface area contributed by atoms with Crippen molar-refractivity contribution >= 4 is 29.7 Å². The summed E-state index contributed by atoms with van der Waals surface area (Å²) in [7, 11) is 1.33. The van der Waals surface area contributed by atoms with Crippen molar-refractivity contribution in [1.29, 1.82) is 0 Å². The van der Waals surface area contributed by atoms with Crippen LogP contribution in [0.25, 0.3) is 0 Å². The molecule has 6 nitrogen and oxygen atoms in total. The summed E-state index contributed by atoms with van der Waals surface area (Å²) in [5.74, 6) is -0.286. The van der Waals surface area contributed by atoms with Gasteiger partial charge in [-0.25, -0.2) is 0 Å². The van der Waals surface area contributed by atoms with Crippen molar-refractivity contribution in [2.45, 2.75) is 47.0 Å². The molecule has 0 aliphatic heterocycles. The van der Waals surface area contributed by atoms with E-state index in [-0.39, 0.29) is 17.9 Å². The molecule has 0 fully saturated rings. The van der Waals surface area contributed by atoms with Crippen molar-refractivity contribution in [3.05, 3.63) is 0 Å². The van der Waals surface area contributed by atoms with Gasteiger partial charge in [-0.2, -0.15) is 11.8 Å². The Hall–Kier alpha value is -1.24. The second-order valence-electron chi connectivity index (χ2n) is 5.93. The zero-order chi connectivity index (χ0) is 18.6. The average Bonchev–Trinajstić information content (AvgIpc) is 2.55. The van der Waals surface area contributed by atoms with Crippen molar-refractivity contribution in [3.8, 4) is 0 Å². The van der Waals surface area contributed by atoms with Crippen LogP contribution >= 0.6 is 11.8 Å². The maximum atomic E-state index is 12.4. The second kappa shape index (κ2) is 12.2. The molecule has 0 aliphatic rings. The van der Waals surface area contributed by atoms with Crippen molar-refractivity contribution < 1.29 is 28.6 Å². The molecule has 0 saturated heterocycles. The number of carbonyl (C=O) groups is 3. The number of rotatable bonds is 12. The van der Waals surface area contributed by atoms with Gasteiger partial charge in [0.25, 0.3) is 0 Å². The lowest BCUT2D eigenvalue weighted by molar-refractivity contribution is -0.156. The van der Waals surface area contributed by atoms with E-state index in [1.807, 2.05) is 6.92 Å². The quantitative estimate of drug-likeness (QED) is 0.300. The van der Waals surface area contributed by atoms with E-state index in [1.54, 1.807) is 20.8 Å². The summed E-state index contributed by atoms with van der Waals surface area (Å²) in [6.45, 7) is 7.94. The highest BCUT2D eigenvalue weighted by Crippen LogP contribution is 2.32. The Labute approximate surface area is 149 Å². The molecule has 0 radical (unpaired) electrons. The van der Waals surface area contributed by atoms with Gasteiger partial charge in [0.05, 0.1) is 38.1 Å². The van der Waals surface area contributed by atoms with Crippen LogP contribution in [0, 0.1) is 11.3 Å². The smallest absolute Gasteiger partial charge is 0.312 e. The Morgan fingerprint density at radius 1 is 1.17 bits per heavy atom. The molecule has 0 aliphatic carbocycles. The maximum Gasteiger partial charge on any atom is 0.312 e. The van der Waals surface area contributed by atoms with Gasteiger partial charge in [0.2, 0.25) is 0 Å². The Balaban J connectivity index is 4.70. The van der Waals surface area contributed by atoms with E-state index in [9.17, 15) is 14.4 Å². The van der Waals surface area contributed by atoms with Gasteiger partial charge in [-0.3, -0.25) is 14.4 Å². The first-order valence-corrected chi connectivity index (χ1v) is 9.44. The number of thioether (sulfide) groups is 1. The average molecular weight is 362 g/mol. The van der Waals surface area contributed by atoms with Crippen LogP contribution in [0.3, 0.4) is 0 Å². The molecular weight excluding hydrogens is 332 g/mol. The topological polar surface area (TPSA) is 78.9 Å². The zero-order valence-corrected chi connectivity index (χ0v) is 16.2. The minimum absolute atomic E-state index is 0.247. The van der Waals surface area contributed by atoms with E-state index in [0.29, 0.717) is 37.6 Å². The normalized spacial score (nSPS) is 14.4. The van der Waals surface area contributed by atoms with Crippen molar-refractivity contribution in [2.24, 2.45) is 11.3 Å². The fraction of sp³-hybridized carbons (Fsp3) is 0.824. The first-order valence-electron chi connectivity index (χ1n) is 8.29. The minimum atomic E-state index is -0.803. The molecule has 7 heteroatoms. The molecule has 0 saturated carbocycles. The van der Waals surface area contributed by atoms with Gasteiger partial charge in [-0.1, -0.05) is 13.8 Å². The van der Waals surface area contributed by atoms with E-state index >= 15 is 0 Å². The van der Waals surface area contributed by atoms with E-state index < -0.39 is 11.3 Å². The van der Waals surface area contributed by atoms with Crippen LogP contribution in [0.2, 0.25) is 0 Å². The molecule has 0 amide bonds. The van der Waals surface area contributed by atoms with Crippen LogP contribution in [0.1, 0.15) is 47.0 Å². The number of esters is 3. The SMILES string of the molecule is CCCOC(=O)C(C)(CSCCC(=O)OCC)CC(C)C(=O)OC. The van der Waals surface area contributed by atoms with E-state index in [4.69, 9.17) is 14.2 Å². The van der Waals surface area contributed by atoms with Crippen LogP contribution in [0.5, 0.6) is 0 Å². The number of hydrogen-bond donors (Lipinski definition) is 0. The Bertz CT molecular complexity index is 412. The number of methoxy groups -OCH3 is 1. The molecule has 0 N–H and O–H groups in total. The summed E-state index contributed by atoms with van der Waals surface area (Å²) in [5, 5.41) is 0. The Morgan fingerprint density at radius 2 is 1.83 bits per heavy atom. The number of hydrogen-bond acceptors (Lipinski definition) is 7. The predicted octanol–water partition coefficient (Wildman–Crippen LogP) is 2.83. The van der Waals surface area contributed by atoms with Crippen molar-refractivity contribution in [2.75, 3.05) is 31.8 Å². The van der Waals surface area contributed by atoms with Crippen molar-refractivity contribution in [1.82, 2.24) is 0 Å². The highest BCUT2D eigenvalue weighted by Gasteiger charge is 2.38. The molecule has 2 unspecified atom stereocenters. The third kappa shape index (κ3) is 8.57. The molecule has 0 aromatic rings. The lowest BCUT2D eigenvalue weighted by atomic mass is 9.83. The molecule has 140 valence electrons. The van der Waals surface area contributed by atoms with E-state index in [2.05, 4.69) is 0 Å². The van der Waals surface area contributed by atoms with Gasteiger partial charge < -0.3 is 14.2 Å². The van der Waals surface area contributed by atoms with Gasteiger partial charge >= 0.3 is 17.9 Å². The fourth-order valence-electron chi connectivity index (χ4n) is 2.22. The second-order valence-corrected chi connectivity index (χ2v) is 7.04. The van der Waals surface area contributed by atoms with Gasteiger partial charge in [0.1, 0.15) is 0 Å². The predicted molar refractivity (Wildman–Crippen MR) is 93.7 cm³/mol. The molecular formula is C17H30O6S. The van der Waals surface area contributed by atoms with Gasteiger partial charge in [-0.15, -0.1) is 0 Å². The standard InChI is InChI=1S/C17H30O6S/c1-6-9-23-16(20)17(4,11-13(3)15(19)21-5)12-24-10-8-14(18)22-7-2/h13H,6-12H2,1-5H3. The monoisotopic (exact) mass is 362 g/mol. The Kier molecular flexibility index (Phi) is 11.5. The highest BCUT2D eigenvalue weighted by atomic mass is 32.2.